The summed E-state index contributed by atoms with van der Waals surface area (Å²) in [6.45, 7) is 0.161. The smallest absolute Gasteiger partial charge is 0.304 e. The first-order valence-corrected chi connectivity index (χ1v) is 6.15. The monoisotopic (exact) mass is 293 g/mol. The minimum atomic E-state index is -4.36. The molecule has 1 N–H and O–H groups in total. The number of benzene rings is 1. The molecule has 2 aromatic heterocycles. The zero-order chi connectivity index (χ0) is 15.0. The van der Waals surface area contributed by atoms with Crippen molar-refractivity contribution in [1.82, 2.24) is 14.5 Å². The van der Waals surface area contributed by atoms with Crippen molar-refractivity contribution < 1.29 is 13.2 Å². The number of pyridine rings is 1. The van der Waals surface area contributed by atoms with Crippen LogP contribution in [0, 0.1) is 0 Å². The van der Waals surface area contributed by atoms with E-state index in [-0.39, 0.29) is 12.2 Å². The molecule has 0 spiro atoms. The molecule has 3 rings (SSSR count). The maximum atomic E-state index is 12.5. The maximum absolute atomic E-state index is 12.5. The van der Waals surface area contributed by atoms with E-state index in [4.69, 9.17) is 0 Å². The lowest BCUT2D eigenvalue weighted by Gasteiger charge is -2.08. The molecule has 0 saturated carbocycles. The Morgan fingerprint density at radius 3 is 2.52 bits per heavy atom. The van der Waals surface area contributed by atoms with E-state index in [1.165, 1.54) is 16.7 Å². The number of hydrogen-bond acceptors (Lipinski definition) is 2. The zero-order valence-corrected chi connectivity index (χ0v) is 10.7. The summed E-state index contributed by atoms with van der Waals surface area (Å²) in [7, 11) is 0. The van der Waals surface area contributed by atoms with E-state index < -0.39 is 11.7 Å². The van der Waals surface area contributed by atoms with Crippen molar-refractivity contribution in [2.24, 2.45) is 0 Å². The second-order valence-corrected chi connectivity index (χ2v) is 4.59. The highest BCUT2D eigenvalue weighted by Crippen LogP contribution is 2.29. The molecule has 0 fully saturated rings. The van der Waals surface area contributed by atoms with Gasteiger partial charge >= 0.3 is 11.9 Å². The fourth-order valence-corrected chi connectivity index (χ4v) is 2.12. The van der Waals surface area contributed by atoms with Crippen molar-refractivity contribution in [2.45, 2.75) is 12.7 Å². The van der Waals surface area contributed by atoms with Gasteiger partial charge in [-0.3, -0.25) is 4.57 Å². The molecule has 7 heteroatoms. The summed E-state index contributed by atoms with van der Waals surface area (Å²) in [6.07, 6.45) is -2.81. The SMILES string of the molecule is O=c1[nH]c2cccnc2n1Cc1ccc(C(F)(F)F)cc1. The van der Waals surface area contributed by atoms with Gasteiger partial charge in [0.15, 0.2) is 5.65 Å². The summed E-state index contributed by atoms with van der Waals surface area (Å²) in [5.41, 5.74) is 0.604. The third-order valence-electron chi connectivity index (χ3n) is 3.15. The van der Waals surface area contributed by atoms with Gasteiger partial charge in [-0.15, -0.1) is 0 Å². The first kappa shape index (κ1) is 13.4. The molecule has 0 aliphatic carbocycles. The van der Waals surface area contributed by atoms with Crippen LogP contribution in [-0.4, -0.2) is 14.5 Å². The highest BCUT2D eigenvalue weighted by atomic mass is 19.4. The molecular formula is C14H10F3N3O. The van der Waals surface area contributed by atoms with Crippen molar-refractivity contribution in [3.8, 4) is 0 Å². The van der Waals surface area contributed by atoms with Gasteiger partial charge in [-0.25, -0.2) is 9.78 Å². The second kappa shape index (κ2) is 4.76. The Hall–Kier alpha value is -2.57. The number of nitrogens with zero attached hydrogens (tertiary/aromatic N) is 2. The summed E-state index contributed by atoms with van der Waals surface area (Å²) < 4.78 is 38.9. The average molecular weight is 293 g/mol. The van der Waals surface area contributed by atoms with Crippen molar-refractivity contribution in [3.63, 3.8) is 0 Å². The number of alkyl halides is 3. The van der Waals surface area contributed by atoms with E-state index in [9.17, 15) is 18.0 Å². The predicted octanol–water partition coefficient (Wildman–Crippen LogP) is 2.79. The standard InChI is InChI=1S/C14H10F3N3O/c15-14(16,17)10-5-3-9(4-6-10)8-20-12-11(19-13(20)21)2-1-7-18-12/h1-7H,8H2,(H,19,21). The van der Waals surface area contributed by atoms with E-state index in [0.717, 1.165) is 12.1 Å². The van der Waals surface area contributed by atoms with Gasteiger partial charge in [-0.05, 0) is 29.8 Å². The highest BCUT2D eigenvalue weighted by Gasteiger charge is 2.29. The molecule has 0 saturated heterocycles. The number of halogens is 3. The van der Waals surface area contributed by atoms with Gasteiger partial charge in [0, 0.05) is 6.20 Å². The molecule has 1 aromatic carbocycles. The van der Waals surface area contributed by atoms with Gasteiger partial charge in [0.1, 0.15) is 0 Å². The fraction of sp³-hybridized carbons (Fsp3) is 0.143. The first-order chi connectivity index (χ1) is 9.95. The van der Waals surface area contributed by atoms with Crippen molar-refractivity contribution in [2.75, 3.05) is 0 Å². The number of aromatic nitrogens is 3. The average Bonchev–Trinajstić information content (AvgIpc) is 2.75. The van der Waals surface area contributed by atoms with E-state index in [1.807, 2.05) is 0 Å². The molecule has 21 heavy (non-hydrogen) atoms. The molecule has 0 amide bonds. The normalized spacial score (nSPS) is 12.0. The topological polar surface area (TPSA) is 50.7 Å². The van der Waals surface area contributed by atoms with Crippen LogP contribution in [0.5, 0.6) is 0 Å². The quantitative estimate of drug-likeness (QED) is 0.790. The lowest BCUT2D eigenvalue weighted by Crippen LogP contribution is -2.17. The molecule has 0 bridgehead atoms. The summed E-state index contributed by atoms with van der Waals surface area (Å²) in [5.74, 6) is 0. The third-order valence-corrected chi connectivity index (χ3v) is 3.15. The summed E-state index contributed by atoms with van der Waals surface area (Å²) in [5, 5.41) is 0. The van der Waals surface area contributed by atoms with Gasteiger partial charge in [0.25, 0.3) is 0 Å². The van der Waals surface area contributed by atoms with Crippen LogP contribution in [0.1, 0.15) is 11.1 Å². The zero-order valence-electron chi connectivity index (χ0n) is 10.7. The Balaban J connectivity index is 1.96. The Kier molecular flexibility index (Phi) is 3.04. The van der Waals surface area contributed by atoms with Gasteiger partial charge in [-0.2, -0.15) is 13.2 Å². The fourth-order valence-electron chi connectivity index (χ4n) is 2.12. The van der Waals surface area contributed by atoms with Crippen LogP contribution in [0.15, 0.2) is 47.4 Å². The summed E-state index contributed by atoms with van der Waals surface area (Å²) in [4.78, 5) is 18.6. The van der Waals surface area contributed by atoms with Crippen LogP contribution < -0.4 is 5.69 Å². The number of nitrogens with one attached hydrogen (secondary N) is 1. The van der Waals surface area contributed by atoms with E-state index in [0.29, 0.717) is 16.7 Å². The molecule has 0 aliphatic heterocycles. The molecular weight excluding hydrogens is 283 g/mol. The number of fused-ring (bicyclic) bond motifs is 1. The third kappa shape index (κ3) is 2.54. The lowest BCUT2D eigenvalue weighted by molar-refractivity contribution is -0.137. The van der Waals surface area contributed by atoms with Crippen molar-refractivity contribution in [3.05, 3.63) is 64.2 Å². The molecule has 4 nitrogen and oxygen atoms in total. The first-order valence-electron chi connectivity index (χ1n) is 6.15. The minimum absolute atomic E-state index is 0.161. The number of rotatable bonds is 2. The van der Waals surface area contributed by atoms with Crippen LogP contribution in [0.25, 0.3) is 11.2 Å². The Morgan fingerprint density at radius 2 is 1.86 bits per heavy atom. The highest BCUT2D eigenvalue weighted by molar-refractivity contribution is 5.70. The maximum Gasteiger partial charge on any atom is 0.416 e. The molecule has 0 aliphatic rings. The molecule has 0 unspecified atom stereocenters. The molecule has 2 heterocycles. The van der Waals surface area contributed by atoms with E-state index >= 15 is 0 Å². The van der Waals surface area contributed by atoms with Crippen LogP contribution in [0.3, 0.4) is 0 Å². The molecule has 108 valence electrons. The Labute approximate surface area is 116 Å². The molecule has 0 atom stereocenters. The van der Waals surface area contributed by atoms with Gasteiger partial charge < -0.3 is 4.98 Å². The van der Waals surface area contributed by atoms with Gasteiger partial charge in [0.05, 0.1) is 17.6 Å². The van der Waals surface area contributed by atoms with E-state index in [1.54, 1.807) is 18.3 Å². The molecule has 0 radical (unpaired) electrons. The van der Waals surface area contributed by atoms with Gasteiger partial charge in [0.2, 0.25) is 0 Å². The second-order valence-electron chi connectivity index (χ2n) is 4.59. The largest absolute Gasteiger partial charge is 0.416 e. The number of H-pyrrole nitrogens is 1. The van der Waals surface area contributed by atoms with E-state index in [2.05, 4.69) is 9.97 Å². The Morgan fingerprint density at radius 1 is 1.14 bits per heavy atom. The number of imidazole rings is 1. The summed E-state index contributed by atoms with van der Waals surface area (Å²) in [6, 6.07) is 8.13. The van der Waals surface area contributed by atoms with Gasteiger partial charge in [-0.1, -0.05) is 12.1 Å². The van der Waals surface area contributed by atoms with Crippen LogP contribution in [-0.2, 0) is 12.7 Å². The predicted molar refractivity (Wildman–Crippen MR) is 70.9 cm³/mol. The Bertz CT molecular complexity index is 831. The van der Waals surface area contributed by atoms with Crippen molar-refractivity contribution >= 4 is 11.2 Å². The minimum Gasteiger partial charge on any atom is -0.304 e. The number of hydrogen-bond donors (Lipinski definition) is 1. The van der Waals surface area contributed by atoms with Crippen molar-refractivity contribution in [1.29, 1.82) is 0 Å². The van der Waals surface area contributed by atoms with Crippen LogP contribution in [0.2, 0.25) is 0 Å². The van der Waals surface area contributed by atoms with Crippen LogP contribution >= 0.6 is 0 Å². The summed E-state index contributed by atoms with van der Waals surface area (Å²) >= 11 is 0. The number of aromatic amines is 1. The molecule has 3 aromatic rings. The van der Waals surface area contributed by atoms with Crippen LogP contribution in [0.4, 0.5) is 13.2 Å². The lowest BCUT2D eigenvalue weighted by atomic mass is 10.1.